The molecule has 1 amide bonds. The third-order valence-electron chi connectivity index (χ3n) is 4.40. The second kappa shape index (κ2) is 9.21. The minimum absolute atomic E-state index is 0.0213. The Morgan fingerprint density at radius 1 is 1.27 bits per heavy atom. The molecule has 1 saturated heterocycles. The summed E-state index contributed by atoms with van der Waals surface area (Å²) in [6.07, 6.45) is 0. The predicted molar refractivity (Wildman–Crippen MR) is 109 cm³/mol. The predicted octanol–water partition coefficient (Wildman–Crippen LogP) is 2.65. The van der Waals surface area contributed by atoms with Crippen molar-refractivity contribution in [3.8, 4) is 0 Å². The highest BCUT2D eigenvalue weighted by molar-refractivity contribution is 7.89. The maximum Gasteiger partial charge on any atom is 0.348 e. The van der Waals surface area contributed by atoms with Crippen molar-refractivity contribution in [1.29, 1.82) is 0 Å². The van der Waals surface area contributed by atoms with Gasteiger partial charge in [0.25, 0.3) is 5.91 Å². The molecular formula is C19H21FN2O6S2. The molecule has 1 aromatic heterocycles. The molecule has 8 nitrogen and oxygen atoms in total. The summed E-state index contributed by atoms with van der Waals surface area (Å²) in [5.74, 6) is -2.04. The number of halogens is 1. The van der Waals surface area contributed by atoms with Crippen LogP contribution in [0, 0.1) is 12.7 Å². The number of benzene rings is 1. The molecule has 0 saturated carbocycles. The number of carbonyl (C=O) groups excluding carboxylic acids is 2. The van der Waals surface area contributed by atoms with Crippen molar-refractivity contribution < 1.29 is 31.9 Å². The van der Waals surface area contributed by atoms with Gasteiger partial charge in [-0.3, -0.25) is 4.79 Å². The van der Waals surface area contributed by atoms with Gasteiger partial charge in [-0.25, -0.2) is 17.6 Å². The summed E-state index contributed by atoms with van der Waals surface area (Å²) in [4.78, 5) is 24.4. The lowest BCUT2D eigenvalue weighted by Crippen LogP contribution is -2.41. The van der Waals surface area contributed by atoms with Gasteiger partial charge in [-0.1, -0.05) is 0 Å². The van der Waals surface area contributed by atoms with Crippen LogP contribution in [0.25, 0.3) is 0 Å². The molecule has 1 N–H and O–H groups in total. The standard InChI is InChI=1S/C19H21FN2O6S2/c1-3-28-19(24)17-12(2)10-16(29-17)21-18(23)13-4-5-14(20)15(11-13)30(25,26)22-6-8-27-9-7-22/h4-5,10-11H,3,6-9H2,1-2H3,(H,21,23). The van der Waals surface area contributed by atoms with Crippen molar-refractivity contribution in [2.24, 2.45) is 0 Å². The Bertz CT molecular complexity index is 1060. The normalized spacial score (nSPS) is 15.0. The molecule has 0 aliphatic carbocycles. The molecule has 0 atom stereocenters. The SMILES string of the molecule is CCOC(=O)c1sc(NC(=O)c2ccc(F)c(S(=O)(=O)N3CCOCC3)c2)cc1C. The van der Waals surface area contributed by atoms with Crippen molar-refractivity contribution >= 4 is 38.2 Å². The van der Waals surface area contributed by atoms with Gasteiger partial charge in [0.05, 0.1) is 24.8 Å². The Morgan fingerprint density at radius 2 is 1.97 bits per heavy atom. The van der Waals surface area contributed by atoms with E-state index in [-0.39, 0.29) is 38.5 Å². The second-order valence-corrected chi connectivity index (χ2v) is 9.42. The number of hydrogen-bond acceptors (Lipinski definition) is 7. The molecule has 0 bridgehead atoms. The van der Waals surface area contributed by atoms with Crippen LogP contribution in [0.1, 0.15) is 32.5 Å². The molecule has 0 spiro atoms. The van der Waals surface area contributed by atoms with Crippen molar-refractivity contribution in [3.63, 3.8) is 0 Å². The molecule has 0 radical (unpaired) electrons. The average molecular weight is 457 g/mol. The quantitative estimate of drug-likeness (QED) is 0.671. The van der Waals surface area contributed by atoms with E-state index >= 15 is 0 Å². The van der Waals surface area contributed by atoms with E-state index in [2.05, 4.69) is 5.32 Å². The number of amides is 1. The Morgan fingerprint density at radius 3 is 2.63 bits per heavy atom. The lowest BCUT2D eigenvalue weighted by Gasteiger charge is -2.26. The maximum absolute atomic E-state index is 14.3. The molecule has 11 heteroatoms. The topological polar surface area (TPSA) is 102 Å². The van der Waals surface area contributed by atoms with Crippen LogP contribution in [0.4, 0.5) is 9.39 Å². The number of rotatable bonds is 6. The van der Waals surface area contributed by atoms with Crippen molar-refractivity contribution in [2.45, 2.75) is 18.7 Å². The number of nitrogens with zero attached hydrogens (tertiary/aromatic N) is 1. The van der Waals surface area contributed by atoms with Gasteiger partial charge in [-0.2, -0.15) is 4.31 Å². The average Bonchev–Trinajstić information content (AvgIpc) is 3.09. The first-order valence-electron chi connectivity index (χ1n) is 9.20. The largest absolute Gasteiger partial charge is 0.462 e. The Labute approximate surface area is 177 Å². The van der Waals surface area contributed by atoms with E-state index < -0.39 is 32.6 Å². The zero-order valence-electron chi connectivity index (χ0n) is 16.4. The van der Waals surface area contributed by atoms with Gasteiger partial charge in [0.1, 0.15) is 15.6 Å². The Kier molecular flexibility index (Phi) is 6.86. The summed E-state index contributed by atoms with van der Waals surface area (Å²) in [7, 11) is -4.10. The lowest BCUT2D eigenvalue weighted by molar-refractivity contribution is 0.0531. The van der Waals surface area contributed by atoms with E-state index in [1.54, 1.807) is 19.9 Å². The summed E-state index contributed by atoms with van der Waals surface area (Å²) in [5, 5.41) is 3.01. The number of aryl methyl sites for hydroxylation is 1. The number of sulfonamides is 1. The fourth-order valence-electron chi connectivity index (χ4n) is 2.90. The van der Waals surface area contributed by atoms with Gasteiger partial charge < -0.3 is 14.8 Å². The molecular weight excluding hydrogens is 435 g/mol. The number of carbonyl (C=O) groups is 2. The van der Waals surface area contributed by atoms with Crippen LogP contribution in [0.15, 0.2) is 29.2 Å². The van der Waals surface area contributed by atoms with Crippen molar-refractivity contribution in [3.05, 3.63) is 46.1 Å². The molecule has 1 aliphatic heterocycles. The highest BCUT2D eigenvalue weighted by atomic mass is 32.2. The van der Waals surface area contributed by atoms with Gasteiger partial charge in [0, 0.05) is 18.7 Å². The maximum atomic E-state index is 14.3. The third kappa shape index (κ3) is 4.69. The van der Waals surface area contributed by atoms with Gasteiger partial charge in [-0.05, 0) is 43.7 Å². The first-order chi connectivity index (χ1) is 14.2. The van der Waals surface area contributed by atoms with Crippen LogP contribution in [-0.2, 0) is 19.5 Å². The highest BCUT2D eigenvalue weighted by Crippen LogP contribution is 2.28. The molecule has 30 heavy (non-hydrogen) atoms. The van der Waals surface area contributed by atoms with Crippen molar-refractivity contribution in [1.82, 2.24) is 4.31 Å². The first kappa shape index (κ1) is 22.3. The lowest BCUT2D eigenvalue weighted by atomic mass is 10.2. The van der Waals surface area contributed by atoms with Crippen molar-refractivity contribution in [2.75, 3.05) is 38.2 Å². The summed E-state index contributed by atoms with van der Waals surface area (Å²) in [5.41, 5.74) is 0.621. The smallest absolute Gasteiger partial charge is 0.348 e. The number of ether oxygens (including phenoxy) is 2. The summed E-state index contributed by atoms with van der Waals surface area (Å²) in [6, 6.07) is 4.79. The molecule has 162 valence electrons. The van der Waals surface area contributed by atoms with Crippen LogP contribution in [-0.4, -0.2) is 57.5 Å². The number of esters is 1. The number of nitrogens with one attached hydrogen (secondary N) is 1. The zero-order chi connectivity index (χ0) is 21.9. The minimum Gasteiger partial charge on any atom is -0.462 e. The van der Waals surface area contributed by atoms with E-state index in [4.69, 9.17) is 9.47 Å². The van der Waals surface area contributed by atoms with E-state index in [1.165, 1.54) is 6.07 Å². The van der Waals surface area contributed by atoms with Gasteiger partial charge in [0.15, 0.2) is 0 Å². The Balaban J connectivity index is 1.83. The van der Waals surface area contributed by atoms with E-state index in [1.807, 2.05) is 0 Å². The van der Waals surface area contributed by atoms with Crippen LogP contribution >= 0.6 is 11.3 Å². The molecule has 2 aromatic rings. The summed E-state index contributed by atoms with van der Waals surface area (Å²) in [6.45, 7) is 4.31. The summed E-state index contributed by atoms with van der Waals surface area (Å²) >= 11 is 1.05. The van der Waals surface area contributed by atoms with Crippen LogP contribution in [0.5, 0.6) is 0 Å². The highest BCUT2D eigenvalue weighted by Gasteiger charge is 2.30. The number of hydrogen-bond donors (Lipinski definition) is 1. The van der Waals surface area contributed by atoms with Crippen LogP contribution in [0.2, 0.25) is 0 Å². The molecule has 1 aliphatic rings. The zero-order valence-corrected chi connectivity index (χ0v) is 18.1. The number of morpholine rings is 1. The fourth-order valence-corrected chi connectivity index (χ4v) is 5.36. The first-order valence-corrected chi connectivity index (χ1v) is 11.5. The molecule has 2 heterocycles. The second-order valence-electron chi connectivity index (χ2n) is 6.46. The van der Waals surface area contributed by atoms with E-state index in [0.717, 1.165) is 27.8 Å². The molecule has 0 unspecified atom stereocenters. The molecule has 1 aromatic carbocycles. The Hall–Kier alpha value is -2.34. The molecule has 1 fully saturated rings. The fraction of sp³-hybridized carbons (Fsp3) is 0.368. The van der Waals surface area contributed by atoms with Gasteiger partial charge in [0.2, 0.25) is 10.0 Å². The monoisotopic (exact) mass is 456 g/mol. The minimum atomic E-state index is -4.10. The third-order valence-corrected chi connectivity index (χ3v) is 7.44. The van der Waals surface area contributed by atoms with Crippen LogP contribution in [0.3, 0.4) is 0 Å². The summed E-state index contributed by atoms with van der Waals surface area (Å²) < 4.78 is 51.1. The number of anilines is 1. The van der Waals surface area contributed by atoms with Gasteiger partial charge in [-0.15, -0.1) is 11.3 Å². The van der Waals surface area contributed by atoms with Gasteiger partial charge >= 0.3 is 5.97 Å². The molecule has 3 rings (SSSR count). The van der Waals surface area contributed by atoms with E-state index in [9.17, 15) is 22.4 Å². The van der Waals surface area contributed by atoms with Crippen LogP contribution < -0.4 is 5.32 Å². The van der Waals surface area contributed by atoms with E-state index in [0.29, 0.717) is 15.4 Å². The number of thiophene rings is 1.